The SMILES string of the molecule is COCCc1ccc(OC[C@@H](O)COC[C@@H]2CO2)cc1. The van der Waals surface area contributed by atoms with Gasteiger partial charge in [-0.1, -0.05) is 12.1 Å². The van der Waals surface area contributed by atoms with Gasteiger partial charge in [-0.3, -0.25) is 0 Å². The summed E-state index contributed by atoms with van der Waals surface area (Å²) in [6.07, 6.45) is 0.487. The molecule has 2 rings (SSSR count). The summed E-state index contributed by atoms with van der Waals surface area (Å²) in [5, 5.41) is 9.71. The lowest BCUT2D eigenvalue weighted by atomic mass is 10.1. The van der Waals surface area contributed by atoms with Crippen LogP contribution in [0.25, 0.3) is 0 Å². The van der Waals surface area contributed by atoms with Crippen molar-refractivity contribution in [1.29, 1.82) is 0 Å². The van der Waals surface area contributed by atoms with Crippen molar-refractivity contribution in [2.75, 3.05) is 40.1 Å². The zero-order chi connectivity index (χ0) is 14.2. The van der Waals surface area contributed by atoms with Crippen LogP contribution >= 0.6 is 0 Å². The predicted molar refractivity (Wildman–Crippen MR) is 74.1 cm³/mol. The molecule has 0 aromatic heterocycles. The van der Waals surface area contributed by atoms with Gasteiger partial charge in [0.05, 0.1) is 26.4 Å². The van der Waals surface area contributed by atoms with Gasteiger partial charge < -0.3 is 24.1 Å². The van der Waals surface area contributed by atoms with E-state index in [1.807, 2.05) is 24.3 Å². The number of epoxide rings is 1. The molecule has 20 heavy (non-hydrogen) atoms. The first-order chi connectivity index (χ1) is 9.78. The molecule has 0 unspecified atom stereocenters. The summed E-state index contributed by atoms with van der Waals surface area (Å²) in [5.74, 6) is 0.746. The van der Waals surface area contributed by atoms with Crippen molar-refractivity contribution in [1.82, 2.24) is 0 Å². The smallest absolute Gasteiger partial charge is 0.119 e. The quantitative estimate of drug-likeness (QED) is 0.650. The van der Waals surface area contributed by atoms with Crippen LogP contribution in [0.2, 0.25) is 0 Å². The lowest BCUT2D eigenvalue weighted by Gasteiger charge is -2.12. The van der Waals surface area contributed by atoms with E-state index in [-0.39, 0.29) is 19.3 Å². The Morgan fingerprint density at radius 3 is 2.70 bits per heavy atom. The number of ether oxygens (including phenoxy) is 4. The van der Waals surface area contributed by atoms with Gasteiger partial charge in [-0.2, -0.15) is 0 Å². The first-order valence-electron chi connectivity index (χ1n) is 6.86. The Balaban J connectivity index is 1.61. The van der Waals surface area contributed by atoms with Gasteiger partial charge in [0.1, 0.15) is 24.6 Å². The summed E-state index contributed by atoms with van der Waals surface area (Å²) in [4.78, 5) is 0. The van der Waals surface area contributed by atoms with Crippen molar-refractivity contribution >= 4 is 0 Å². The van der Waals surface area contributed by atoms with Gasteiger partial charge in [0, 0.05) is 7.11 Å². The monoisotopic (exact) mass is 282 g/mol. The summed E-state index contributed by atoms with van der Waals surface area (Å²) in [6.45, 7) is 2.52. The minimum Gasteiger partial charge on any atom is -0.491 e. The molecule has 1 aromatic rings. The summed E-state index contributed by atoms with van der Waals surface area (Å²) in [5.41, 5.74) is 1.20. The largest absolute Gasteiger partial charge is 0.491 e. The Hall–Kier alpha value is -1.14. The topological polar surface area (TPSA) is 60.5 Å². The highest BCUT2D eigenvalue weighted by Crippen LogP contribution is 2.13. The Bertz CT molecular complexity index is 374. The number of benzene rings is 1. The molecule has 1 saturated heterocycles. The molecule has 1 aromatic carbocycles. The number of aliphatic hydroxyl groups is 1. The molecular weight excluding hydrogens is 260 g/mol. The van der Waals surface area contributed by atoms with E-state index in [4.69, 9.17) is 18.9 Å². The van der Waals surface area contributed by atoms with E-state index >= 15 is 0 Å². The van der Waals surface area contributed by atoms with E-state index in [1.165, 1.54) is 5.56 Å². The lowest BCUT2D eigenvalue weighted by Crippen LogP contribution is -2.24. The second-order valence-electron chi connectivity index (χ2n) is 4.84. The second kappa shape index (κ2) is 8.21. The minimum absolute atomic E-state index is 0.225. The fraction of sp³-hybridized carbons (Fsp3) is 0.600. The highest BCUT2D eigenvalue weighted by molar-refractivity contribution is 5.27. The number of rotatable bonds is 10. The molecule has 0 radical (unpaired) electrons. The highest BCUT2D eigenvalue weighted by Gasteiger charge is 2.22. The van der Waals surface area contributed by atoms with E-state index in [1.54, 1.807) is 7.11 Å². The van der Waals surface area contributed by atoms with Crippen LogP contribution in [0.3, 0.4) is 0 Å². The third-order valence-electron chi connectivity index (χ3n) is 2.98. The van der Waals surface area contributed by atoms with Crippen LogP contribution in [0.4, 0.5) is 0 Å². The van der Waals surface area contributed by atoms with Crippen LogP contribution in [0.15, 0.2) is 24.3 Å². The zero-order valence-electron chi connectivity index (χ0n) is 11.8. The Labute approximate surface area is 119 Å². The normalized spacial score (nSPS) is 18.8. The minimum atomic E-state index is -0.623. The van der Waals surface area contributed by atoms with Crippen molar-refractivity contribution in [3.05, 3.63) is 29.8 Å². The Morgan fingerprint density at radius 1 is 1.30 bits per heavy atom. The maximum Gasteiger partial charge on any atom is 0.119 e. The van der Waals surface area contributed by atoms with E-state index in [9.17, 15) is 5.11 Å². The second-order valence-corrected chi connectivity index (χ2v) is 4.84. The van der Waals surface area contributed by atoms with Crippen LogP contribution in [0, 0.1) is 0 Å². The maximum atomic E-state index is 9.71. The van der Waals surface area contributed by atoms with Gasteiger partial charge in [0.2, 0.25) is 0 Å². The van der Waals surface area contributed by atoms with Gasteiger partial charge in [-0.25, -0.2) is 0 Å². The highest BCUT2D eigenvalue weighted by atomic mass is 16.6. The number of methoxy groups -OCH3 is 1. The third-order valence-corrected chi connectivity index (χ3v) is 2.98. The molecule has 5 heteroatoms. The standard InChI is InChI=1S/C15H22O5/c1-17-7-6-12-2-4-14(5-3-12)19-9-13(16)8-18-10-15-11-20-15/h2-5,13,15-16H,6-11H2,1H3/t13-,15+/m0/s1. The maximum absolute atomic E-state index is 9.71. The van der Waals surface area contributed by atoms with Gasteiger partial charge in [-0.05, 0) is 24.1 Å². The van der Waals surface area contributed by atoms with Crippen LogP contribution in [0.5, 0.6) is 5.75 Å². The molecule has 1 fully saturated rings. The molecule has 112 valence electrons. The molecule has 1 aliphatic rings. The van der Waals surface area contributed by atoms with Gasteiger partial charge in [0.15, 0.2) is 0 Å². The van der Waals surface area contributed by atoms with E-state index < -0.39 is 6.10 Å². The first-order valence-corrected chi connectivity index (χ1v) is 6.86. The fourth-order valence-electron chi connectivity index (χ4n) is 1.71. The fourth-order valence-corrected chi connectivity index (χ4v) is 1.71. The summed E-state index contributed by atoms with van der Waals surface area (Å²) in [6, 6.07) is 7.80. The van der Waals surface area contributed by atoms with E-state index in [2.05, 4.69) is 0 Å². The van der Waals surface area contributed by atoms with Crippen molar-refractivity contribution in [2.45, 2.75) is 18.6 Å². The molecule has 2 atom stereocenters. The molecular formula is C15H22O5. The first kappa shape index (κ1) is 15.3. The van der Waals surface area contributed by atoms with Crippen molar-refractivity contribution in [2.24, 2.45) is 0 Å². The molecule has 0 spiro atoms. The van der Waals surface area contributed by atoms with E-state index in [0.717, 1.165) is 18.8 Å². The van der Waals surface area contributed by atoms with Gasteiger partial charge >= 0.3 is 0 Å². The molecule has 1 N–H and O–H groups in total. The summed E-state index contributed by atoms with van der Waals surface area (Å²) >= 11 is 0. The summed E-state index contributed by atoms with van der Waals surface area (Å²) in [7, 11) is 1.69. The van der Waals surface area contributed by atoms with Gasteiger partial charge in [0.25, 0.3) is 0 Å². The van der Waals surface area contributed by atoms with Crippen molar-refractivity contribution in [3.8, 4) is 5.75 Å². The lowest BCUT2D eigenvalue weighted by molar-refractivity contribution is 0.00761. The Morgan fingerprint density at radius 2 is 2.05 bits per heavy atom. The molecule has 1 aliphatic heterocycles. The average Bonchev–Trinajstić information content (AvgIpc) is 3.28. The zero-order valence-corrected chi connectivity index (χ0v) is 11.8. The molecule has 1 heterocycles. The van der Waals surface area contributed by atoms with Gasteiger partial charge in [-0.15, -0.1) is 0 Å². The predicted octanol–water partition coefficient (Wildman–Crippen LogP) is 1.03. The molecule has 0 saturated carbocycles. The third kappa shape index (κ3) is 5.88. The number of hydrogen-bond acceptors (Lipinski definition) is 5. The number of aliphatic hydroxyl groups excluding tert-OH is 1. The van der Waals surface area contributed by atoms with Crippen LogP contribution in [-0.2, 0) is 20.6 Å². The van der Waals surface area contributed by atoms with E-state index in [0.29, 0.717) is 13.2 Å². The molecule has 0 bridgehead atoms. The molecule has 0 amide bonds. The number of hydrogen-bond donors (Lipinski definition) is 1. The van der Waals surface area contributed by atoms with Crippen molar-refractivity contribution in [3.63, 3.8) is 0 Å². The van der Waals surface area contributed by atoms with Crippen LogP contribution < -0.4 is 4.74 Å². The van der Waals surface area contributed by atoms with Crippen LogP contribution in [-0.4, -0.2) is 57.5 Å². The Kier molecular flexibility index (Phi) is 6.26. The summed E-state index contributed by atoms with van der Waals surface area (Å²) < 4.78 is 20.8. The van der Waals surface area contributed by atoms with Crippen molar-refractivity contribution < 1.29 is 24.1 Å². The molecule has 0 aliphatic carbocycles. The molecule has 5 nitrogen and oxygen atoms in total. The average molecular weight is 282 g/mol. The van der Waals surface area contributed by atoms with Crippen LogP contribution in [0.1, 0.15) is 5.56 Å².